The Morgan fingerprint density at radius 2 is 2.21 bits per heavy atom. The van der Waals surface area contributed by atoms with Crippen LogP contribution in [0.15, 0.2) is 17.6 Å². The third kappa shape index (κ3) is 3.11. The molecule has 0 saturated carbocycles. The Bertz CT molecular complexity index is 615. The van der Waals surface area contributed by atoms with Crippen LogP contribution in [-0.2, 0) is 0 Å². The quantitative estimate of drug-likeness (QED) is 0.942. The number of nitrogens with one attached hydrogen (secondary N) is 1. The van der Waals surface area contributed by atoms with Crippen molar-refractivity contribution in [1.82, 2.24) is 15.3 Å². The summed E-state index contributed by atoms with van der Waals surface area (Å²) in [7, 11) is 0. The summed E-state index contributed by atoms with van der Waals surface area (Å²) < 4.78 is 26.1. The number of rotatable bonds is 3. The number of aryl methyl sites for hydroxylation is 1. The molecular weight excluding hydrogens is 272 g/mol. The minimum absolute atomic E-state index is 0.363. The molecule has 0 bridgehead atoms. The Morgan fingerprint density at radius 3 is 2.79 bits per heavy atom. The van der Waals surface area contributed by atoms with Crippen molar-refractivity contribution in [3.63, 3.8) is 0 Å². The maximum Gasteiger partial charge on any atom is 0.273 e. The molecule has 0 spiro atoms. The molecule has 2 rings (SSSR count). The maximum absolute atomic E-state index is 13.4. The molecule has 2 aromatic heterocycles. The highest BCUT2D eigenvalue weighted by Crippen LogP contribution is 2.18. The second-order valence-corrected chi connectivity index (χ2v) is 4.90. The highest BCUT2D eigenvalue weighted by molar-refractivity contribution is 7.09. The summed E-state index contributed by atoms with van der Waals surface area (Å²) in [5, 5.41) is 5.14. The van der Waals surface area contributed by atoms with Crippen LogP contribution in [0.3, 0.4) is 0 Å². The molecule has 19 heavy (non-hydrogen) atoms. The lowest BCUT2D eigenvalue weighted by molar-refractivity contribution is 0.0930. The van der Waals surface area contributed by atoms with Gasteiger partial charge in [0.05, 0.1) is 12.2 Å². The van der Waals surface area contributed by atoms with E-state index < -0.39 is 23.2 Å². The number of amides is 1. The van der Waals surface area contributed by atoms with E-state index in [-0.39, 0.29) is 6.04 Å². The molecule has 1 atom stereocenters. The molecule has 2 aromatic rings. The minimum atomic E-state index is -0.986. The fourth-order valence-corrected chi connectivity index (χ4v) is 2.28. The smallest absolute Gasteiger partial charge is 0.273 e. The van der Waals surface area contributed by atoms with Gasteiger partial charge in [0, 0.05) is 17.1 Å². The second-order valence-electron chi connectivity index (χ2n) is 4.01. The van der Waals surface area contributed by atoms with Gasteiger partial charge in [0.2, 0.25) is 0 Å². The predicted molar refractivity (Wildman–Crippen MR) is 66.9 cm³/mol. The number of pyridine rings is 1. The van der Waals surface area contributed by atoms with Gasteiger partial charge < -0.3 is 5.32 Å². The first-order chi connectivity index (χ1) is 8.97. The molecule has 1 N–H and O–H groups in total. The van der Waals surface area contributed by atoms with Crippen LogP contribution in [0.1, 0.15) is 34.2 Å². The van der Waals surface area contributed by atoms with Gasteiger partial charge >= 0.3 is 0 Å². The lowest BCUT2D eigenvalue weighted by atomic mass is 10.3. The van der Waals surface area contributed by atoms with Gasteiger partial charge in [-0.05, 0) is 13.8 Å². The number of thiazole rings is 1. The normalized spacial score (nSPS) is 12.2. The molecule has 100 valence electrons. The van der Waals surface area contributed by atoms with Gasteiger partial charge in [0.15, 0.2) is 11.5 Å². The Hall–Kier alpha value is -1.89. The zero-order valence-corrected chi connectivity index (χ0v) is 11.1. The standard InChI is InChI=1S/C12H11F2N3OS/c1-6-5-19-12(16-6)7(2)17-11(18)10-9(14)3-8(13)4-15-10/h3-5,7H,1-2H3,(H,17,18)/t7-/m1/s1. The summed E-state index contributed by atoms with van der Waals surface area (Å²) in [5.74, 6) is -2.50. The van der Waals surface area contributed by atoms with Crippen LogP contribution in [0.2, 0.25) is 0 Å². The van der Waals surface area contributed by atoms with Crippen molar-refractivity contribution in [2.45, 2.75) is 19.9 Å². The second kappa shape index (κ2) is 5.40. The van der Waals surface area contributed by atoms with Crippen LogP contribution >= 0.6 is 11.3 Å². The largest absolute Gasteiger partial charge is 0.342 e. The third-order valence-electron chi connectivity index (χ3n) is 2.38. The van der Waals surface area contributed by atoms with Crippen LogP contribution in [0.25, 0.3) is 0 Å². The first-order valence-corrected chi connectivity index (χ1v) is 6.39. The van der Waals surface area contributed by atoms with E-state index in [0.717, 1.165) is 11.9 Å². The van der Waals surface area contributed by atoms with Crippen LogP contribution in [0.4, 0.5) is 8.78 Å². The van der Waals surface area contributed by atoms with Crippen LogP contribution in [0.5, 0.6) is 0 Å². The number of nitrogens with zero attached hydrogens (tertiary/aromatic N) is 2. The van der Waals surface area contributed by atoms with Crippen molar-refractivity contribution in [1.29, 1.82) is 0 Å². The molecule has 1 amide bonds. The van der Waals surface area contributed by atoms with Crippen molar-refractivity contribution in [2.75, 3.05) is 0 Å². The highest BCUT2D eigenvalue weighted by Gasteiger charge is 2.18. The first kappa shape index (κ1) is 13.5. The molecule has 0 unspecified atom stereocenters. The number of carbonyl (C=O) groups is 1. The lowest BCUT2D eigenvalue weighted by Crippen LogP contribution is -2.28. The molecule has 0 fully saturated rings. The highest BCUT2D eigenvalue weighted by atomic mass is 32.1. The van der Waals surface area contributed by atoms with E-state index in [9.17, 15) is 13.6 Å². The molecule has 0 aliphatic rings. The van der Waals surface area contributed by atoms with Gasteiger partial charge in [-0.3, -0.25) is 4.79 Å². The minimum Gasteiger partial charge on any atom is -0.342 e. The van der Waals surface area contributed by atoms with E-state index in [1.807, 2.05) is 12.3 Å². The Labute approximate surface area is 112 Å². The molecule has 0 aliphatic heterocycles. The molecule has 0 aliphatic carbocycles. The monoisotopic (exact) mass is 283 g/mol. The van der Waals surface area contributed by atoms with Crippen LogP contribution < -0.4 is 5.32 Å². The van der Waals surface area contributed by atoms with Crippen LogP contribution in [0, 0.1) is 18.6 Å². The number of hydrogen-bond donors (Lipinski definition) is 1. The molecule has 4 nitrogen and oxygen atoms in total. The van der Waals surface area contributed by atoms with E-state index in [1.165, 1.54) is 11.3 Å². The lowest BCUT2D eigenvalue weighted by Gasteiger charge is -2.11. The van der Waals surface area contributed by atoms with Gasteiger partial charge in [0.1, 0.15) is 10.8 Å². The molecule has 7 heteroatoms. The van der Waals surface area contributed by atoms with Crippen molar-refractivity contribution in [3.05, 3.63) is 45.7 Å². The van der Waals surface area contributed by atoms with Gasteiger partial charge in [-0.25, -0.2) is 18.7 Å². The Morgan fingerprint density at radius 1 is 1.47 bits per heavy atom. The van der Waals surface area contributed by atoms with Crippen molar-refractivity contribution < 1.29 is 13.6 Å². The SMILES string of the molecule is Cc1csc([C@@H](C)NC(=O)c2ncc(F)cc2F)n1. The summed E-state index contributed by atoms with van der Waals surface area (Å²) in [5.41, 5.74) is 0.425. The summed E-state index contributed by atoms with van der Waals surface area (Å²) >= 11 is 1.40. The van der Waals surface area contributed by atoms with Crippen molar-refractivity contribution in [3.8, 4) is 0 Å². The van der Waals surface area contributed by atoms with E-state index in [1.54, 1.807) is 6.92 Å². The van der Waals surface area contributed by atoms with Crippen LogP contribution in [-0.4, -0.2) is 15.9 Å². The summed E-state index contributed by atoms with van der Waals surface area (Å²) in [4.78, 5) is 19.5. The van der Waals surface area contributed by atoms with E-state index in [0.29, 0.717) is 11.1 Å². The van der Waals surface area contributed by atoms with Gasteiger partial charge in [0.25, 0.3) is 5.91 Å². The van der Waals surface area contributed by atoms with Gasteiger partial charge in [-0.1, -0.05) is 0 Å². The fraction of sp³-hybridized carbons (Fsp3) is 0.250. The average Bonchev–Trinajstić information content (AvgIpc) is 2.75. The topological polar surface area (TPSA) is 54.9 Å². The maximum atomic E-state index is 13.4. The molecule has 0 aromatic carbocycles. The number of carbonyl (C=O) groups excluding carboxylic acids is 1. The fourth-order valence-electron chi connectivity index (χ4n) is 1.48. The molecular formula is C12H11F2N3OS. The third-order valence-corrected chi connectivity index (χ3v) is 3.52. The van der Waals surface area contributed by atoms with Gasteiger partial charge in [-0.2, -0.15) is 0 Å². The predicted octanol–water partition coefficient (Wildman–Crippen LogP) is 2.62. The van der Waals surface area contributed by atoms with E-state index >= 15 is 0 Å². The summed E-state index contributed by atoms with van der Waals surface area (Å²) in [6, 6.07) is 0.262. The average molecular weight is 283 g/mol. The zero-order chi connectivity index (χ0) is 14.0. The Balaban J connectivity index is 2.12. The summed E-state index contributed by atoms with van der Waals surface area (Å²) in [6.07, 6.45) is 0.802. The molecule has 2 heterocycles. The Kier molecular flexibility index (Phi) is 3.84. The molecule has 0 radical (unpaired) electrons. The van der Waals surface area contributed by atoms with E-state index in [4.69, 9.17) is 0 Å². The number of hydrogen-bond acceptors (Lipinski definition) is 4. The molecule has 0 saturated heterocycles. The van der Waals surface area contributed by atoms with Gasteiger partial charge in [-0.15, -0.1) is 11.3 Å². The number of halogens is 2. The zero-order valence-electron chi connectivity index (χ0n) is 10.3. The first-order valence-electron chi connectivity index (χ1n) is 5.51. The van der Waals surface area contributed by atoms with E-state index in [2.05, 4.69) is 15.3 Å². The van der Waals surface area contributed by atoms with Crippen molar-refractivity contribution >= 4 is 17.2 Å². The number of aromatic nitrogens is 2. The summed E-state index contributed by atoms with van der Waals surface area (Å²) in [6.45, 7) is 3.58. The van der Waals surface area contributed by atoms with Crippen molar-refractivity contribution in [2.24, 2.45) is 0 Å².